The summed E-state index contributed by atoms with van der Waals surface area (Å²) in [5, 5.41) is 3.56. The van der Waals surface area contributed by atoms with Crippen LogP contribution < -0.4 is 4.72 Å². The fourth-order valence-corrected chi connectivity index (χ4v) is 3.92. The summed E-state index contributed by atoms with van der Waals surface area (Å²) >= 11 is 0. The molecule has 1 N–H and O–H groups in total. The number of aryl methyl sites for hydroxylation is 1. The van der Waals surface area contributed by atoms with Crippen molar-refractivity contribution in [1.82, 2.24) is 9.88 Å². The normalized spacial score (nSPS) is 18.1. The van der Waals surface area contributed by atoms with Crippen molar-refractivity contribution in [2.75, 3.05) is 6.54 Å². The summed E-state index contributed by atoms with van der Waals surface area (Å²) in [5.74, 6) is 0.721. The van der Waals surface area contributed by atoms with Gasteiger partial charge in [-0.2, -0.15) is 0 Å². The lowest BCUT2D eigenvalue weighted by Gasteiger charge is -2.21. The molecule has 1 aromatic rings. The summed E-state index contributed by atoms with van der Waals surface area (Å²) in [6.45, 7) is 2.23. The Balaban J connectivity index is 1.81. The first-order valence-corrected chi connectivity index (χ1v) is 8.03. The number of nitrogens with zero attached hydrogens (tertiary/aromatic N) is 1. The van der Waals surface area contributed by atoms with Gasteiger partial charge < -0.3 is 4.52 Å². The van der Waals surface area contributed by atoms with Crippen LogP contribution in [0.1, 0.15) is 43.6 Å². The molecule has 18 heavy (non-hydrogen) atoms. The zero-order valence-electron chi connectivity index (χ0n) is 10.7. The van der Waals surface area contributed by atoms with Gasteiger partial charge in [-0.1, -0.05) is 24.4 Å². The third-order valence-corrected chi connectivity index (χ3v) is 5.30. The molecule has 1 aliphatic carbocycles. The van der Waals surface area contributed by atoms with Crippen LogP contribution in [0.4, 0.5) is 0 Å². The van der Waals surface area contributed by atoms with Gasteiger partial charge in [-0.25, -0.2) is 13.1 Å². The summed E-state index contributed by atoms with van der Waals surface area (Å²) in [6.07, 6.45) is 5.32. The Bertz CT molecular complexity index is 475. The molecule has 0 radical (unpaired) electrons. The number of hydrogen-bond acceptors (Lipinski definition) is 4. The molecule has 0 aromatic carbocycles. The van der Waals surface area contributed by atoms with E-state index < -0.39 is 10.0 Å². The monoisotopic (exact) mass is 272 g/mol. The summed E-state index contributed by atoms with van der Waals surface area (Å²) in [6, 6.07) is 1.83. The van der Waals surface area contributed by atoms with Crippen LogP contribution in [0.25, 0.3) is 0 Å². The molecular formula is C12H20N2O3S. The van der Waals surface area contributed by atoms with E-state index in [1.54, 1.807) is 0 Å². The van der Waals surface area contributed by atoms with Crippen molar-refractivity contribution in [3.8, 4) is 0 Å². The predicted octanol–water partition coefficient (Wildman–Crippen LogP) is 1.78. The second-order valence-electron chi connectivity index (χ2n) is 4.88. The quantitative estimate of drug-likeness (QED) is 0.886. The average Bonchev–Trinajstić information content (AvgIpc) is 2.76. The van der Waals surface area contributed by atoms with E-state index in [0.717, 1.165) is 43.6 Å². The van der Waals surface area contributed by atoms with Gasteiger partial charge in [0.25, 0.3) is 0 Å². The van der Waals surface area contributed by atoms with Crippen LogP contribution in [-0.4, -0.2) is 25.4 Å². The van der Waals surface area contributed by atoms with Crippen molar-refractivity contribution in [3.63, 3.8) is 0 Å². The van der Waals surface area contributed by atoms with Gasteiger partial charge in [-0.15, -0.1) is 0 Å². The van der Waals surface area contributed by atoms with Gasteiger partial charge in [0.2, 0.25) is 10.0 Å². The number of sulfonamides is 1. The molecule has 5 nitrogen and oxygen atoms in total. The summed E-state index contributed by atoms with van der Waals surface area (Å²) < 4.78 is 31.8. The maximum Gasteiger partial charge on any atom is 0.214 e. The van der Waals surface area contributed by atoms with Crippen LogP contribution in [0.3, 0.4) is 0 Å². The topological polar surface area (TPSA) is 72.2 Å². The number of nitrogens with one attached hydrogen (secondary N) is 1. The predicted molar refractivity (Wildman–Crippen MR) is 68.7 cm³/mol. The molecule has 0 saturated heterocycles. The smallest absolute Gasteiger partial charge is 0.214 e. The lowest BCUT2D eigenvalue weighted by atomic mass is 10.0. The molecule has 1 saturated carbocycles. The average molecular weight is 272 g/mol. The van der Waals surface area contributed by atoms with Crippen LogP contribution in [0.2, 0.25) is 0 Å². The first kappa shape index (κ1) is 13.5. The van der Waals surface area contributed by atoms with Crippen molar-refractivity contribution >= 4 is 10.0 Å². The standard InChI is InChI=1S/C12H20N2O3S/c1-10-9-11(17-14-10)7-8-13-18(15,16)12-5-3-2-4-6-12/h9,12-13H,2-8H2,1H3. The van der Waals surface area contributed by atoms with E-state index >= 15 is 0 Å². The van der Waals surface area contributed by atoms with Crippen LogP contribution in [-0.2, 0) is 16.4 Å². The molecule has 1 heterocycles. The number of hydrogen-bond donors (Lipinski definition) is 1. The highest BCUT2D eigenvalue weighted by Crippen LogP contribution is 2.22. The van der Waals surface area contributed by atoms with Gasteiger partial charge in [0.05, 0.1) is 10.9 Å². The van der Waals surface area contributed by atoms with E-state index in [1.807, 2.05) is 13.0 Å². The Morgan fingerprint density at radius 2 is 2.11 bits per heavy atom. The van der Waals surface area contributed by atoms with Crippen LogP contribution in [0.5, 0.6) is 0 Å². The Morgan fingerprint density at radius 1 is 1.39 bits per heavy atom. The van der Waals surface area contributed by atoms with E-state index in [1.165, 1.54) is 0 Å². The summed E-state index contributed by atoms with van der Waals surface area (Å²) in [7, 11) is -3.16. The molecule has 0 bridgehead atoms. The van der Waals surface area contributed by atoms with E-state index in [0.29, 0.717) is 13.0 Å². The van der Waals surface area contributed by atoms with E-state index in [4.69, 9.17) is 4.52 Å². The van der Waals surface area contributed by atoms with Gasteiger partial charge in [0, 0.05) is 19.0 Å². The zero-order chi connectivity index (χ0) is 13.0. The van der Waals surface area contributed by atoms with Crippen LogP contribution in [0, 0.1) is 6.92 Å². The van der Waals surface area contributed by atoms with E-state index in [9.17, 15) is 8.42 Å². The lowest BCUT2D eigenvalue weighted by molar-refractivity contribution is 0.379. The first-order valence-electron chi connectivity index (χ1n) is 6.48. The Labute approximate surface area is 108 Å². The van der Waals surface area contributed by atoms with Crippen molar-refractivity contribution < 1.29 is 12.9 Å². The molecule has 0 amide bonds. The number of rotatable bonds is 5. The Kier molecular flexibility index (Phi) is 4.40. The van der Waals surface area contributed by atoms with Crippen molar-refractivity contribution in [1.29, 1.82) is 0 Å². The molecule has 1 aliphatic rings. The molecule has 0 spiro atoms. The van der Waals surface area contributed by atoms with E-state index in [-0.39, 0.29) is 5.25 Å². The number of aromatic nitrogens is 1. The molecule has 1 aromatic heterocycles. The second kappa shape index (κ2) is 5.84. The fraction of sp³-hybridized carbons (Fsp3) is 0.750. The molecular weight excluding hydrogens is 252 g/mol. The molecule has 1 fully saturated rings. The lowest BCUT2D eigenvalue weighted by Crippen LogP contribution is -2.36. The van der Waals surface area contributed by atoms with Crippen molar-refractivity contribution in [2.24, 2.45) is 0 Å². The highest BCUT2D eigenvalue weighted by atomic mass is 32.2. The minimum absolute atomic E-state index is 0.206. The van der Waals surface area contributed by atoms with Crippen LogP contribution >= 0.6 is 0 Å². The maximum atomic E-state index is 12.0. The molecule has 0 unspecified atom stereocenters. The largest absolute Gasteiger partial charge is 0.361 e. The summed E-state index contributed by atoms with van der Waals surface area (Å²) in [4.78, 5) is 0. The van der Waals surface area contributed by atoms with Gasteiger partial charge in [0.15, 0.2) is 0 Å². The minimum Gasteiger partial charge on any atom is -0.361 e. The first-order chi connectivity index (χ1) is 8.58. The molecule has 0 atom stereocenters. The molecule has 102 valence electrons. The third kappa shape index (κ3) is 3.55. The molecule has 0 aliphatic heterocycles. The summed E-state index contributed by atoms with van der Waals surface area (Å²) in [5.41, 5.74) is 0.820. The Hall–Kier alpha value is -0.880. The molecule has 2 rings (SSSR count). The van der Waals surface area contributed by atoms with E-state index in [2.05, 4.69) is 9.88 Å². The SMILES string of the molecule is Cc1cc(CCNS(=O)(=O)C2CCCCC2)on1. The van der Waals surface area contributed by atoms with Gasteiger partial charge in [-0.05, 0) is 19.8 Å². The van der Waals surface area contributed by atoms with Gasteiger partial charge in [0.1, 0.15) is 5.76 Å². The highest BCUT2D eigenvalue weighted by molar-refractivity contribution is 7.90. The molecule has 6 heteroatoms. The van der Waals surface area contributed by atoms with Gasteiger partial charge in [-0.3, -0.25) is 0 Å². The fourth-order valence-electron chi connectivity index (χ4n) is 2.34. The van der Waals surface area contributed by atoms with Crippen molar-refractivity contribution in [2.45, 2.75) is 50.7 Å². The highest BCUT2D eigenvalue weighted by Gasteiger charge is 2.26. The zero-order valence-corrected chi connectivity index (χ0v) is 11.5. The third-order valence-electron chi connectivity index (χ3n) is 3.34. The second-order valence-corrected chi connectivity index (χ2v) is 6.93. The van der Waals surface area contributed by atoms with Gasteiger partial charge >= 0.3 is 0 Å². The van der Waals surface area contributed by atoms with Crippen LogP contribution in [0.15, 0.2) is 10.6 Å². The minimum atomic E-state index is -3.16. The maximum absolute atomic E-state index is 12.0. The Morgan fingerprint density at radius 3 is 2.72 bits per heavy atom. The van der Waals surface area contributed by atoms with Crippen molar-refractivity contribution in [3.05, 3.63) is 17.5 Å².